The maximum atomic E-state index is 13.6. The monoisotopic (exact) mass is 375 g/mol. The molecule has 1 fully saturated rings. The summed E-state index contributed by atoms with van der Waals surface area (Å²) in [5, 5.41) is 6.21. The van der Waals surface area contributed by atoms with Crippen LogP contribution in [0.15, 0.2) is 24.4 Å². The maximum Gasteiger partial charge on any atom is 0.245 e. The van der Waals surface area contributed by atoms with Gasteiger partial charge in [0.05, 0.1) is 13.2 Å². The number of morpholine rings is 1. The van der Waals surface area contributed by atoms with Crippen molar-refractivity contribution in [2.75, 3.05) is 25.1 Å². The second-order valence-corrected chi connectivity index (χ2v) is 6.23. The van der Waals surface area contributed by atoms with Gasteiger partial charge in [0, 0.05) is 30.1 Å². The summed E-state index contributed by atoms with van der Waals surface area (Å²) in [6.07, 6.45) is 1.87. The molecule has 5 nitrogen and oxygen atoms in total. The van der Waals surface area contributed by atoms with Crippen LogP contribution in [0.2, 0.25) is 0 Å². The lowest BCUT2D eigenvalue weighted by Crippen LogP contribution is -2.48. The third-order valence-corrected chi connectivity index (χ3v) is 4.31. The van der Waals surface area contributed by atoms with Crippen molar-refractivity contribution in [3.05, 3.63) is 46.5 Å². The van der Waals surface area contributed by atoms with E-state index in [4.69, 9.17) is 4.74 Å². The van der Waals surface area contributed by atoms with Crippen LogP contribution in [0.5, 0.6) is 0 Å². The standard InChI is InChI=1S/C15H15F2N3O2S.ClH/c16-10-2-1-9(12(17)6-10)5-11-7-19-15(23-11)20-14(21)13-8-22-4-3-18-13;/h1-2,6-7,13,18H,3-5,8H2,(H,19,20,21);1H. The summed E-state index contributed by atoms with van der Waals surface area (Å²) < 4.78 is 31.8. The zero-order chi connectivity index (χ0) is 16.2. The minimum Gasteiger partial charge on any atom is -0.378 e. The first-order valence-electron chi connectivity index (χ1n) is 7.12. The Morgan fingerprint density at radius 3 is 3.00 bits per heavy atom. The number of thiazole rings is 1. The fourth-order valence-corrected chi connectivity index (χ4v) is 3.06. The zero-order valence-electron chi connectivity index (χ0n) is 12.6. The first kappa shape index (κ1) is 18.7. The molecule has 0 radical (unpaired) electrons. The normalized spacial score (nSPS) is 17.2. The van der Waals surface area contributed by atoms with Crippen molar-refractivity contribution in [1.82, 2.24) is 10.3 Å². The van der Waals surface area contributed by atoms with Crippen LogP contribution >= 0.6 is 23.7 Å². The lowest BCUT2D eigenvalue weighted by molar-refractivity contribution is -0.120. The van der Waals surface area contributed by atoms with E-state index in [9.17, 15) is 13.6 Å². The minimum absolute atomic E-state index is 0. The Morgan fingerprint density at radius 1 is 1.46 bits per heavy atom. The highest BCUT2D eigenvalue weighted by Crippen LogP contribution is 2.23. The van der Waals surface area contributed by atoms with Crippen LogP contribution < -0.4 is 10.6 Å². The number of rotatable bonds is 4. The van der Waals surface area contributed by atoms with Crippen LogP contribution in [-0.4, -0.2) is 36.7 Å². The van der Waals surface area contributed by atoms with Crippen molar-refractivity contribution in [2.24, 2.45) is 0 Å². The Morgan fingerprint density at radius 2 is 2.29 bits per heavy atom. The van der Waals surface area contributed by atoms with Gasteiger partial charge in [0.2, 0.25) is 5.91 Å². The van der Waals surface area contributed by atoms with Crippen LogP contribution in [0.3, 0.4) is 0 Å². The maximum absolute atomic E-state index is 13.6. The molecule has 3 rings (SSSR count). The lowest BCUT2D eigenvalue weighted by Gasteiger charge is -2.22. The molecule has 2 aromatic rings. The number of benzene rings is 1. The fraction of sp³-hybridized carbons (Fsp3) is 0.333. The van der Waals surface area contributed by atoms with E-state index in [1.54, 1.807) is 6.20 Å². The van der Waals surface area contributed by atoms with Gasteiger partial charge in [0.25, 0.3) is 0 Å². The Labute approximate surface area is 147 Å². The molecule has 130 valence electrons. The van der Waals surface area contributed by atoms with Crippen molar-refractivity contribution in [2.45, 2.75) is 12.5 Å². The van der Waals surface area contributed by atoms with E-state index in [1.807, 2.05) is 0 Å². The second kappa shape index (κ2) is 8.48. The topological polar surface area (TPSA) is 63.2 Å². The van der Waals surface area contributed by atoms with Crippen molar-refractivity contribution < 1.29 is 18.3 Å². The van der Waals surface area contributed by atoms with E-state index in [0.717, 1.165) is 10.9 Å². The minimum atomic E-state index is -0.606. The van der Waals surface area contributed by atoms with Crippen molar-refractivity contribution in [3.63, 3.8) is 0 Å². The van der Waals surface area contributed by atoms with Gasteiger partial charge in [0.1, 0.15) is 17.7 Å². The molecule has 0 spiro atoms. The number of halogens is 3. The summed E-state index contributed by atoms with van der Waals surface area (Å²) in [6, 6.07) is 3.09. The predicted molar refractivity (Wildman–Crippen MR) is 89.8 cm³/mol. The average molecular weight is 376 g/mol. The lowest BCUT2D eigenvalue weighted by atomic mass is 10.1. The highest BCUT2D eigenvalue weighted by atomic mass is 35.5. The molecule has 2 heterocycles. The molecule has 0 aliphatic carbocycles. The molecule has 0 bridgehead atoms. The summed E-state index contributed by atoms with van der Waals surface area (Å²) in [6.45, 7) is 1.55. The fourth-order valence-electron chi connectivity index (χ4n) is 2.23. The SMILES string of the molecule is Cl.O=C(Nc1ncc(Cc2ccc(F)cc2F)s1)C1COCCN1. The molecule has 1 saturated heterocycles. The number of anilines is 1. The van der Waals surface area contributed by atoms with Crippen LogP contribution in [0.25, 0.3) is 0 Å². The number of nitrogens with one attached hydrogen (secondary N) is 2. The van der Waals surface area contributed by atoms with Crippen LogP contribution in [0, 0.1) is 11.6 Å². The molecule has 1 aliphatic heterocycles. The molecule has 1 aromatic heterocycles. The summed E-state index contributed by atoms with van der Waals surface area (Å²) >= 11 is 1.26. The Balaban J connectivity index is 0.00000208. The van der Waals surface area contributed by atoms with E-state index >= 15 is 0 Å². The molecule has 1 aromatic carbocycles. The van der Waals surface area contributed by atoms with Gasteiger partial charge in [-0.3, -0.25) is 4.79 Å². The smallest absolute Gasteiger partial charge is 0.245 e. The summed E-state index contributed by atoms with van der Waals surface area (Å²) in [5.41, 5.74) is 0.385. The Kier molecular flexibility index (Phi) is 6.61. The molecular formula is C15H16ClF2N3O2S. The van der Waals surface area contributed by atoms with Crippen LogP contribution in [0.4, 0.5) is 13.9 Å². The first-order chi connectivity index (χ1) is 11.1. The van der Waals surface area contributed by atoms with Gasteiger partial charge >= 0.3 is 0 Å². The highest BCUT2D eigenvalue weighted by Gasteiger charge is 2.22. The van der Waals surface area contributed by atoms with E-state index in [1.165, 1.54) is 23.5 Å². The van der Waals surface area contributed by atoms with Gasteiger partial charge in [-0.1, -0.05) is 6.07 Å². The van der Waals surface area contributed by atoms with Crippen molar-refractivity contribution in [3.8, 4) is 0 Å². The van der Waals surface area contributed by atoms with E-state index in [-0.39, 0.29) is 18.3 Å². The van der Waals surface area contributed by atoms with Crippen LogP contribution in [0.1, 0.15) is 10.4 Å². The van der Waals surface area contributed by atoms with E-state index in [0.29, 0.717) is 36.9 Å². The zero-order valence-corrected chi connectivity index (χ0v) is 14.2. The largest absolute Gasteiger partial charge is 0.378 e. The van der Waals surface area contributed by atoms with Gasteiger partial charge in [-0.2, -0.15) is 0 Å². The number of amides is 1. The number of carbonyl (C=O) groups is 1. The average Bonchev–Trinajstić information content (AvgIpc) is 2.98. The number of hydrogen-bond acceptors (Lipinski definition) is 5. The summed E-state index contributed by atoms with van der Waals surface area (Å²) in [5.74, 6) is -1.41. The van der Waals surface area contributed by atoms with Crippen molar-refractivity contribution in [1.29, 1.82) is 0 Å². The van der Waals surface area contributed by atoms with Gasteiger partial charge in [-0.15, -0.1) is 23.7 Å². The quantitative estimate of drug-likeness (QED) is 0.861. The van der Waals surface area contributed by atoms with Crippen molar-refractivity contribution >= 4 is 34.8 Å². The van der Waals surface area contributed by atoms with Crippen LogP contribution in [-0.2, 0) is 16.0 Å². The third kappa shape index (κ3) is 4.70. The van der Waals surface area contributed by atoms with Gasteiger partial charge < -0.3 is 15.4 Å². The number of carbonyl (C=O) groups excluding carboxylic acids is 1. The molecule has 0 saturated carbocycles. The van der Waals surface area contributed by atoms with Gasteiger partial charge in [-0.05, 0) is 11.6 Å². The van der Waals surface area contributed by atoms with Gasteiger partial charge in [0.15, 0.2) is 5.13 Å². The molecule has 24 heavy (non-hydrogen) atoms. The molecule has 1 unspecified atom stereocenters. The predicted octanol–water partition coefficient (Wildman–Crippen LogP) is 2.36. The molecule has 1 aliphatic rings. The number of ether oxygens (including phenoxy) is 1. The van der Waals surface area contributed by atoms with E-state index < -0.39 is 17.7 Å². The second-order valence-electron chi connectivity index (χ2n) is 5.12. The molecule has 9 heteroatoms. The molecule has 2 N–H and O–H groups in total. The third-order valence-electron chi connectivity index (χ3n) is 3.40. The molecule has 1 amide bonds. The highest BCUT2D eigenvalue weighted by molar-refractivity contribution is 7.15. The summed E-state index contributed by atoms with van der Waals surface area (Å²) in [7, 11) is 0. The van der Waals surface area contributed by atoms with Gasteiger partial charge in [-0.25, -0.2) is 13.8 Å². The number of hydrogen-bond donors (Lipinski definition) is 2. The Hall–Kier alpha value is -1.61. The molecular weight excluding hydrogens is 360 g/mol. The Bertz CT molecular complexity index is 708. The van der Waals surface area contributed by atoms with E-state index in [2.05, 4.69) is 15.6 Å². The number of nitrogens with zero attached hydrogens (tertiary/aromatic N) is 1. The number of aromatic nitrogens is 1. The summed E-state index contributed by atoms with van der Waals surface area (Å²) in [4.78, 5) is 16.9. The first-order valence-corrected chi connectivity index (χ1v) is 7.94. The molecule has 1 atom stereocenters.